The minimum absolute atomic E-state index is 0.358. The summed E-state index contributed by atoms with van der Waals surface area (Å²) in [5.41, 5.74) is 0. The van der Waals surface area contributed by atoms with Crippen molar-refractivity contribution >= 4 is 11.9 Å². The lowest BCUT2D eigenvalue weighted by molar-refractivity contribution is -0.158. The van der Waals surface area contributed by atoms with E-state index in [0.717, 1.165) is 0 Å². The van der Waals surface area contributed by atoms with Gasteiger partial charge in [0.25, 0.3) is 0 Å². The van der Waals surface area contributed by atoms with Gasteiger partial charge in [-0.05, 0) is 0 Å². The Morgan fingerprint density at radius 2 is 2.50 bits per heavy atom. The first-order chi connectivity index (χ1) is 4.70. The Labute approximate surface area is 58.1 Å². The third-order valence-electron chi connectivity index (χ3n) is 1.20. The maximum absolute atomic E-state index is 10.6. The fourth-order valence-corrected chi connectivity index (χ4v) is 0.785. The highest BCUT2D eigenvalue weighted by molar-refractivity contribution is 5.79. The molecule has 1 aliphatic rings. The van der Waals surface area contributed by atoms with Gasteiger partial charge < -0.3 is 9.47 Å². The van der Waals surface area contributed by atoms with E-state index in [9.17, 15) is 9.59 Å². The number of carbonyl (C=O) groups is 2. The van der Waals surface area contributed by atoms with Crippen LogP contribution in [-0.4, -0.2) is 24.6 Å². The molecule has 0 aromatic carbocycles. The quantitative estimate of drug-likeness (QED) is 0.481. The molecule has 1 fully saturated rings. The molecule has 0 N–H and O–H groups in total. The van der Waals surface area contributed by atoms with Gasteiger partial charge in [-0.25, -0.2) is 4.79 Å². The first-order valence-electron chi connectivity index (χ1n) is 3.04. The van der Waals surface area contributed by atoms with Gasteiger partial charge >= 0.3 is 11.9 Å². The van der Waals surface area contributed by atoms with Crippen molar-refractivity contribution in [1.29, 1.82) is 0 Å². The van der Waals surface area contributed by atoms with Crippen molar-refractivity contribution < 1.29 is 19.1 Å². The topological polar surface area (TPSA) is 52.6 Å². The van der Waals surface area contributed by atoms with Crippen molar-refractivity contribution in [2.75, 3.05) is 6.61 Å². The van der Waals surface area contributed by atoms with E-state index in [1.807, 2.05) is 0 Å². The second kappa shape index (κ2) is 2.68. The molecule has 4 nitrogen and oxygen atoms in total. The van der Waals surface area contributed by atoms with Crippen LogP contribution in [0, 0.1) is 0 Å². The molecule has 0 radical (unpaired) electrons. The molecule has 1 unspecified atom stereocenters. The first kappa shape index (κ1) is 7.05. The van der Waals surface area contributed by atoms with Crippen molar-refractivity contribution in [3.8, 4) is 0 Å². The van der Waals surface area contributed by atoms with E-state index in [2.05, 4.69) is 9.47 Å². The predicted molar refractivity (Wildman–Crippen MR) is 31.1 cm³/mol. The fraction of sp³-hybridized carbons (Fsp3) is 0.667. The van der Waals surface area contributed by atoms with Gasteiger partial charge in [0, 0.05) is 13.3 Å². The average molecular weight is 144 g/mol. The summed E-state index contributed by atoms with van der Waals surface area (Å²) in [6.45, 7) is 1.63. The Balaban J connectivity index is 2.40. The van der Waals surface area contributed by atoms with Crippen LogP contribution in [0.4, 0.5) is 0 Å². The van der Waals surface area contributed by atoms with Crippen molar-refractivity contribution in [3.05, 3.63) is 0 Å². The van der Waals surface area contributed by atoms with Crippen molar-refractivity contribution in [2.24, 2.45) is 0 Å². The van der Waals surface area contributed by atoms with Gasteiger partial charge in [0.15, 0.2) is 0 Å². The lowest BCUT2D eigenvalue weighted by Crippen LogP contribution is -2.20. The van der Waals surface area contributed by atoms with E-state index in [1.165, 1.54) is 6.92 Å². The molecule has 1 aliphatic heterocycles. The second-order valence-corrected chi connectivity index (χ2v) is 2.05. The Hall–Kier alpha value is -1.06. The molecule has 10 heavy (non-hydrogen) atoms. The van der Waals surface area contributed by atoms with E-state index in [1.54, 1.807) is 0 Å². The molecular weight excluding hydrogens is 136 g/mol. The smallest absolute Gasteiger partial charge is 0.347 e. The van der Waals surface area contributed by atoms with Crippen LogP contribution in [0.15, 0.2) is 0 Å². The van der Waals surface area contributed by atoms with Crippen molar-refractivity contribution in [2.45, 2.75) is 19.4 Å². The van der Waals surface area contributed by atoms with Gasteiger partial charge in [0.05, 0.1) is 6.61 Å². The highest BCUT2D eigenvalue weighted by Crippen LogP contribution is 2.09. The number of esters is 2. The number of rotatable bonds is 1. The lowest BCUT2D eigenvalue weighted by atomic mass is 10.3. The van der Waals surface area contributed by atoms with E-state index in [4.69, 9.17) is 0 Å². The summed E-state index contributed by atoms with van der Waals surface area (Å²) in [6, 6.07) is 0. The van der Waals surface area contributed by atoms with E-state index in [0.29, 0.717) is 13.0 Å². The summed E-state index contributed by atoms with van der Waals surface area (Å²) >= 11 is 0. The number of carbonyl (C=O) groups excluding carboxylic acids is 2. The Bertz CT molecular complexity index is 163. The molecule has 0 aromatic rings. The van der Waals surface area contributed by atoms with Crippen LogP contribution in [0.1, 0.15) is 13.3 Å². The maximum Gasteiger partial charge on any atom is 0.347 e. The largest absolute Gasteiger partial charge is 0.463 e. The third-order valence-corrected chi connectivity index (χ3v) is 1.20. The van der Waals surface area contributed by atoms with Crippen LogP contribution in [0.3, 0.4) is 0 Å². The van der Waals surface area contributed by atoms with E-state index in [-0.39, 0.29) is 0 Å². The van der Waals surface area contributed by atoms with Crippen LogP contribution in [0.5, 0.6) is 0 Å². The van der Waals surface area contributed by atoms with Crippen LogP contribution < -0.4 is 0 Å². The predicted octanol–water partition coefficient (Wildman–Crippen LogP) is -0.135. The Morgan fingerprint density at radius 1 is 1.80 bits per heavy atom. The van der Waals surface area contributed by atoms with Crippen LogP contribution >= 0.6 is 0 Å². The standard InChI is InChI=1S/C6H8O4/c1-4(7)10-5-2-3-9-6(5)8/h5H,2-3H2,1H3. The van der Waals surface area contributed by atoms with Gasteiger partial charge in [-0.2, -0.15) is 0 Å². The molecule has 0 aromatic heterocycles. The van der Waals surface area contributed by atoms with Crippen LogP contribution in [-0.2, 0) is 19.1 Å². The molecule has 56 valence electrons. The minimum atomic E-state index is -0.655. The summed E-state index contributed by atoms with van der Waals surface area (Å²) in [7, 11) is 0. The molecule has 0 spiro atoms. The minimum Gasteiger partial charge on any atom is -0.463 e. The molecule has 0 saturated carbocycles. The third kappa shape index (κ3) is 1.46. The van der Waals surface area contributed by atoms with Crippen LogP contribution in [0.2, 0.25) is 0 Å². The van der Waals surface area contributed by atoms with Crippen LogP contribution in [0.25, 0.3) is 0 Å². The number of hydrogen-bond donors (Lipinski definition) is 0. The summed E-state index contributed by atoms with van der Waals surface area (Å²) < 4.78 is 9.16. The molecule has 1 rings (SSSR count). The normalized spacial score (nSPS) is 24.1. The van der Waals surface area contributed by atoms with Gasteiger partial charge in [-0.15, -0.1) is 0 Å². The van der Waals surface area contributed by atoms with Gasteiger partial charge in [-0.1, -0.05) is 0 Å². The summed E-state index contributed by atoms with van der Waals surface area (Å²) in [5.74, 6) is -0.876. The van der Waals surface area contributed by atoms with Gasteiger partial charge in [0.2, 0.25) is 6.10 Å². The SMILES string of the molecule is CC(=O)OC1CCOC1=O. The van der Waals surface area contributed by atoms with E-state index < -0.39 is 18.0 Å². The zero-order chi connectivity index (χ0) is 7.56. The molecule has 1 heterocycles. The summed E-state index contributed by atoms with van der Waals surface area (Å²) in [5, 5.41) is 0. The Kier molecular flexibility index (Phi) is 1.89. The number of cyclic esters (lactones) is 1. The molecule has 4 heteroatoms. The summed E-state index contributed by atoms with van der Waals surface area (Å²) in [6.07, 6.45) is -0.171. The second-order valence-electron chi connectivity index (χ2n) is 2.05. The highest BCUT2D eigenvalue weighted by atomic mass is 16.6. The fourth-order valence-electron chi connectivity index (χ4n) is 0.785. The number of ether oxygens (including phenoxy) is 2. The molecule has 0 amide bonds. The first-order valence-corrected chi connectivity index (χ1v) is 3.04. The highest BCUT2D eigenvalue weighted by Gasteiger charge is 2.28. The monoisotopic (exact) mass is 144 g/mol. The van der Waals surface area contributed by atoms with Crippen molar-refractivity contribution in [3.63, 3.8) is 0 Å². The Morgan fingerprint density at radius 3 is 2.90 bits per heavy atom. The molecule has 1 saturated heterocycles. The number of hydrogen-bond acceptors (Lipinski definition) is 4. The molecular formula is C6H8O4. The van der Waals surface area contributed by atoms with E-state index >= 15 is 0 Å². The average Bonchev–Trinajstić information content (AvgIpc) is 2.15. The molecule has 0 aliphatic carbocycles. The summed E-state index contributed by atoms with van der Waals surface area (Å²) in [4.78, 5) is 20.9. The maximum atomic E-state index is 10.6. The lowest BCUT2D eigenvalue weighted by Gasteiger charge is -2.03. The van der Waals surface area contributed by atoms with Crippen molar-refractivity contribution in [1.82, 2.24) is 0 Å². The molecule has 0 bridgehead atoms. The molecule has 1 atom stereocenters. The van der Waals surface area contributed by atoms with Gasteiger partial charge in [0.1, 0.15) is 0 Å². The van der Waals surface area contributed by atoms with Gasteiger partial charge in [-0.3, -0.25) is 4.79 Å². The zero-order valence-corrected chi connectivity index (χ0v) is 5.62. The zero-order valence-electron chi connectivity index (χ0n) is 5.62.